The third kappa shape index (κ3) is 4.04. The van der Waals surface area contributed by atoms with Crippen LogP contribution >= 0.6 is 0 Å². The Balaban J connectivity index is 1.89. The lowest BCUT2D eigenvalue weighted by Gasteiger charge is -2.16. The van der Waals surface area contributed by atoms with Crippen LogP contribution in [-0.2, 0) is 6.54 Å². The molecule has 104 valence electrons. The van der Waals surface area contributed by atoms with Gasteiger partial charge in [0.1, 0.15) is 5.82 Å². The van der Waals surface area contributed by atoms with E-state index < -0.39 is 0 Å². The predicted molar refractivity (Wildman–Crippen MR) is 80.3 cm³/mol. The third-order valence-electron chi connectivity index (χ3n) is 3.33. The summed E-state index contributed by atoms with van der Waals surface area (Å²) in [6.07, 6.45) is 2.47. The first-order valence-electron chi connectivity index (χ1n) is 6.97. The summed E-state index contributed by atoms with van der Waals surface area (Å²) in [7, 11) is 4.19. The van der Waals surface area contributed by atoms with Crippen molar-refractivity contribution in [3.63, 3.8) is 0 Å². The van der Waals surface area contributed by atoms with Crippen LogP contribution in [0.2, 0.25) is 0 Å². The Hall–Kier alpha value is -1.39. The fourth-order valence-corrected chi connectivity index (χ4v) is 2.36. The highest BCUT2D eigenvalue weighted by atomic mass is 15.1. The molecule has 0 amide bonds. The molecule has 0 atom stereocenters. The van der Waals surface area contributed by atoms with Crippen molar-refractivity contribution in [2.45, 2.75) is 26.3 Å². The normalized spacial score (nSPS) is 11.6. The lowest BCUT2D eigenvalue weighted by atomic mass is 10.2. The molecule has 0 aliphatic heterocycles. The Morgan fingerprint density at radius 3 is 2.95 bits per heavy atom. The van der Waals surface area contributed by atoms with E-state index in [0.717, 1.165) is 36.5 Å². The molecule has 0 radical (unpaired) electrons. The van der Waals surface area contributed by atoms with Gasteiger partial charge in [-0.25, -0.2) is 4.98 Å². The summed E-state index contributed by atoms with van der Waals surface area (Å²) in [4.78, 5) is 10.1. The van der Waals surface area contributed by atoms with Crippen molar-refractivity contribution >= 4 is 11.0 Å². The number of hydrogen-bond acceptors (Lipinski definition) is 3. The van der Waals surface area contributed by atoms with E-state index in [1.165, 1.54) is 18.4 Å². The van der Waals surface area contributed by atoms with Crippen molar-refractivity contribution < 1.29 is 0 Å². The summed E-state index contributed by atoms with van der Waals surface area (Å²) in [6, 6.07) is 6.48. The van der Waals surface area contributed by atoms with E-state index in [0.29, 0.717) is 0 Å². The van der Waals surface area contributed by atoms with Gasteiger partial charge in [0.15, 0.2) is 0 Å². The number of nitrogens with zero attached hydrogens (tertiary/aromatic N) is 2. The first kappa shape index (κ1) is 14.0. The van der Waals surface area contributed by atoms with Crippen LogP contribution in [0.5, 0.6) is 0 Å². The first-order valence-corrected chi connectivity index (χ1v) is 6.97. The standard InChI is InChI=1S/C15H24N4/c1-12-17-14-7-6-13(10-15(14)18-12)11-19(3)9-5-4-8-16-2/h6-7,10,16H,4-5,8-9,11H2,1-3H3,(H,17,18). The molecular weight excluding hydrogens is 236 g/mol. The van der Waals surface area contributed by atoms with E-state index in [9.17, 15) is 0 Å². The number of aryl methyl sites for hydroxylation is 1. The van der Waals surface area contributed by atoms with Gasteiger partial charge in [0.25, 0.3) is 0 Å². The van der Waals surface area contributed by atoms with Crippen molar-refractivity contribution in [3.05, 3.63) is 29.6 Å². The second-order valence-corrected chi connectivity index (χ2v) is 5.22. The van der Waals surface area contributed by atoms with Gasteiger partial charge < -0.3 is 15.2 Å². The topological polar surface area (TPSA) is 44.0 Å². The summed E-state index contributed by atoms with van der Waals surface area (Å²) in [6.45, 7) is 5.23. The van der Waals surface area contributed by atoms with Crippen molar-refractivity contribution in [1.29, 1.82) is 0 Å². The van der Waals surface area contributed by atoms with Gasteiger partial charge in [-0.05, 0) is 64.6 Å². The Bertz CT molecular complexity index is 518. The molecule has 4 heteroatoms. The van der Waals surface area contributed by atoms with E-state index in [4.69, 9.17) is 0 Å². The lowest BCUT2D eigenvalue weighted by Crippen LogP contribution is -2.20. The highest BCUT2D eigenvalue weighted by molar-refractivity contribution is 5.75. The minimum Gasteiger partial charge on any atom is -0.342 e. The van der Waals surface area contributed by atoms with E-state index in [2.05, 4.69) is 45.4 Å². The summed E-state index contributed by atoms with van der Waals surface area (Å²) < 4.78 is 0. The zero-order valence-electron chi connectivity index (χ0n) is 12.2. The van der Waals surface area contributed by atoms with Gasteiger partial charge in [0.2, 0.25) is 0 Å². The van der Waals surface area contributed by atoms with Crippen LogP contribution in [0.4, 0.5) is 0 Å². The summed E-state index contributed by atoms with van der Waals surface area (Å²) in [5, 5.41) is 3.18. The van der Waals surface area contributed by atoms with Gasteiger partial charge in [-0.3, -0.25) is 0 Å². The van der Waals surface area contributed by atoms with Gasteiger partial charge in [-0.2, -0.15) is 0 Å². The molecule has 0 fully saturated rings. The van der Waals surface area contributed by atoms with Gasteiger partial charge >= 0.3 is 0 Å². The fourth-order valence-electron chi connectivity index (χ4n) is 2.36. The smallest absolute Gasteiger partial charge is 0.104 e. The van der Waals surface area contributed by atoms with Gasteiger partial charge in [-0.15, -0.1) is 0 Å². The Kier molecular flexibility index (Phi) is 4.93. The molecule has 0 saturated heterocycles. The SMILES string of the molecule is CNCCCCN(C)Cc1ccc2nc(C)[nH]c2c1. The summed E-state index contributed by atoms with van der Waals surface area (Å²) >= 11 is 0. The number of hydrogen-bond donors (Lipinski definition) is 2. The average molecular weight is 260 g/mol. The number of unbranched alkanes of at least 4 members (excludes halogenated alkanes) is 1. The molecule has 1 heterocycles. The van der Waals surface area contributed by atoms with E-state index in [1.807, 2.05) is 14.0 Å². The first-order chi connectivity index (χ1) is 9.19. The van der Waals surface area contributed by atoms with Gasteiger partial charge in [0, 0.05) is 6.54 Å². The zero-order chi connectivity index (χ0) is 13.7. The van der Waals surface area contributed by atoms with Crippen molar-refractivity contribution in [3.8, 4) is 0 Å². The largest absolute Gasteiger partial charge is 0.342 e. The monoisotopic (exact) mass is 260 g/mol. The molecule has 4 nitrogen and oxygen atoms in total. The van der Waals surface area contributed by atoms with Crippen LogP contribution in [0.3, 0.4) is 0 Å². The molecule has 1 aromatic heterocycles. The number of nitrogens with one attached hydrogen (secondary N) is 2. The van der Waals surface area contributed by atoms with Gasteiger partial charge in [0.05, 0.1) is 11.0 Å². The Labute approximate surface area is 115 Å². The van der Waals surface area contributed by atoms with Crippen LogP contribution in [0.25, 0.3) is 11.0 Å². The molecule has 0 saturated carbocycles. The molecule has 0 spiro atoms. The van der Waals surface area contributed by atoms with E-state index in [-0.39, 0.29) is 0 Å². The number of H-pyrrole nitrogens is 1. The number of benzene rings is 1. The molecule has 0 bridgehead atoms. The van der Waals surface area contributed by atoms with Crippen molar-refractivity contribution in [1.82, 2.24) is 20.2 Å². The van der Waals surface area contributed by atoms with Crippen LogP contribution in [0.1, 0.15) is 24.2 Å². The highest BCUT2D eigenvalue weighted by Crippen LogP contribution is 2.14. The van der Waals surface area contributed by atoms with E-state index >= 15 is 0 Å². The number of imidazole rings is 1. The third-order valence-corrected chi connectivity index (χ3v) is 3.33. The number of aromatic nitrogens is 2. The zero-order valence-corrected chi connectivity index (χ0v) is 12.2. The lowest BCUT2D eigenvalue weighted by molar-refractivity contribution is 0.318. The number of aromatic amines is 1. The Morgan fingerprint density at radius 1 is 1.32 bits per heavy atom. The Morgan fingerprint density at radius 2 is 2.16 bits per heavy atom. The molecule has 1 aromatic carbocycles. The maximum atomic E-state index is 4.43. The minimum atomic E-state index is 0.979. The van der Waals surface area contributed by atoms with Crippen molar-refractivity contribution in [2.24, 2.45) is 0 Å². The second-order valence-electron chi connectivity index (χ2n) is 5.22. The molecule has 2 N–H and O–H groups in total. The molecule has 2 aromatic rings. The van der Waals surface area contributed by atoms with Crippen LogP contribution in [0.15, 0.2) is 18.2 Å². The highest BCUT2D eigenvalue weighted by Gasteiger charge is 2.03. The minimum absolute atomic E-state index is 0.979. The fraction of sp³-hybridized carbons (Fsp3) is 0.533. The molecule has 0 unspecified atom stereocenters. The molecule has 0 aliphatic carbocycles. The van der Waals surface area contributed by atoms with E-state index in [1.54, 1.807) is 0 Å². The van der Waals surface area contributed by atoms with Crippen LogP contribution < -0.4 is 5.32 Å². The van der Waals surface area contributed by atoms with Gasteiger partial charge in [-0.1, -0.05) is 6.07 Å². The predicted octanol–water partition coefficient (Wildman–Crippen LogP) is 2.30. The molecule has 19 heavy (non-hydrogen) atoms. The maximum absolute atomic E-state index is 4.43. The molecular formula is C15H24N4. The second kappa shape index (κ2) is 6.68. The summed E-state index contributed by atoms with van der Waals surface area (Å²) in [5.74, 6) is 0.979. The molecule has 2 rings (SSSR count). The van der Waals surface area contributed by atoms with Crippen LogP contribution in [-0.4, -0.2) is 42.1 Å². The average Bonchev–Trinajstić information content (AvgIpc) is 2.74. The number of fused-ring (bicyclic) bond motifs is 1. The quantitative estimate of drug-likeness (QED) is 0.751. The number of rotatable bonds is 7. The summed E-state index contributed by atoms with van der Waals surface area (Å²) in [5.41, 5.74) is 3.53. The molecule has 0 aliphatic rings. The maximum Gasteiger partial charge on any atom is 0.104 e. The van der Waals surface area contributed by atoms with Crippen LogP contribution in [0, 0.1) is 6.92 Å². The van der Waals surface area contributed by atoms with Crippen molar-refractivity contribution in [2.75, 3.05) is 27.2 Å².